The molecular weight excluding hydrogens is 248 g/mol. The summed E-state index contributed by atoms with van der Waals surface area (Å²) in [6.45, 7) is 4.07. The van der Waals surface area contributed by atoms with E-state index in [1.807, 2.05) is 0 Å². The maximum Gasteiger partial charge on any atom is 0.308 e. The van der Waals surface area contributed by atoms with Crippen molar-refractivity contribution >= 4 is 17.8 Å². The van der Waals surface area contributed by atoms with E-state index in [1.165, 1.54) is 0 Å². The Morgan fingerprint density at radius 2 is 2.00 bits per heavy atom. The lowest BCUT2D eigenvalue weighted by molar-refractivity contribution is -0.154. The Morgan fingerprint density at radius 3 is 2.53 bits per heavy atom. The van der Waals surface area contributed by atoms with Crippen LogP contribution in [0.25, 0.3) is 0 Å². The summed E-state index contributed by atoms with van der Waals surface area (Å²) in [6.07, 6.45) is 1.87. The smallest absolute Gasteiger partial charge is 0.308 e. The van der Waals surface area contributed by atoms with Gasteiger partial charge in [-0.1, -0.05) is 6.92 Å². The zero-order valence-corrected chi connectivity index (χ0v) is 11.5. The van der Waals surface area contributed by atoms with Crippen molar-refractivity contribution in [3.05, 3.63) is 0 Å². The molecule has 3 N–H and O–H groups in total. The van der Waals surface area contributed by atoms with Gasteiger partial charge in [0.1, 0.15) is 0 Å². The molecule has 0 spiro atoms. The first kappa shape index (κ1) is 15.5. The van der Waals surface area contributed by atoms with Crippen LogP contribution >= 0.6 is 0 Å². The highest BCUT2D eigenvalue weighted by Gasteiger charge is 2.41. The summed E-state index contributed by atoms with van der Waals surface area (Å²) >= 11 is 0. The van der Waals surface area contributed by atoms with Crippen molar-refractivity contribution in [2.75, 3.05) is 6.54 Å². The van der Waals surface area contributed by atoms with Gasteiger partial charge in [0.2, 0.25) is 11.8 Å². The topological polar surface area (TPSA) is 101 Å². The molecule has 0 saturated carbocycles. The van der Waals surface area contributed by atoms with Crippen molar-refractivity contribution in [3.63, 3.8) is 0 Å². The van der Waals surface area contributed by atoms with Gasteiger partial charge in [0, 0.05) is 25.4 Å². The van der Waals surface area contributed by atoms with Crippen LogP contribution in [0.15, 0.2) is 0 Å². The zero-order chi connectivity index (χ0) is 14.6. The van der Waals surface area contributed by atoms with E-state index in [9.17, 15) is 19.5 Å². The minimum atomic E-state index is -0.852. The molecule has 3 atom stereocenters. The Kier molecular flexibility index (Phi) is 5.32. The fraction of sp³-hybridized carbons (Fsp3) is 0.769. The second kappa shape index (κ2) is 6.54. The molecule has 1 aliphatic heterocycles. The van der Waals surface area contributed by atoms with E-state index in [-0.39, 0.29) is 30.2 Å². The molecule has 1 aliphatic rings. The first-order valence-corrected chi connectivity index (χ1v) is 6.65. The van der Waals surface area contributed by atoms with Crippen LogP contribution in [0.2, 0.25) is 0 Å². The summed E-state index contributed by atoms with van der Waals surface area (Å²) in [7, 11) is 0. The highest BCUT2D eigenvalue weighted by Crippen LogP contribution is 2.30. The van der Waals surface area contributed by atoms with E-state index in [0.717, 1.165) is 0 Å². The Bertz CT molecular complexity index is 370. The SMILES string of the molecule is CC1CC(=O)N(CCCCC(N)=O)C(C)C1C(=O)O. The van der Waals surface area contributed by atoms with E-state index in [1.54, 1.807) is 18.7 Å². The molecule has 0 aromatic carbocycles. The molecule has 1 heterocycles. The van der Waals surface area contributed by atoms with Crippen LogP contribution in [0.5, 0.6) is 0 Å². The Morgan fingerprint density at radius 1 is 1.37 bits per heavy atom. The Hall–Kier alpha value is -1.59. The van der Waals surface area contributed by atoms with Gasteiger partial charge >= 0.3 is 5.97 Å². The number of aliphatic carboxylic acids is 1. The number of nitrogens with zero attached hydrogens (tertiary/aromatic N) is 1. The van der Waals surface area contributed by atoms with Crippen LogP contribution in [-0.4, -0.2) is 40.4 Å². The third kappa shape index (κ3) is 3.94. The van der Waals surface area contributed by atoms with E-state index in [4.69, 9.17) is 5.73 Å². The second-order valence-electron chi connectivity index (χ2n) is 5.30. The monoisotopic (exact) mass is 270 g/mol. The Balaban J connectivity index is 2.58. The van der Waals surface area contributed by atoms with Gasteiger partial charge in [-0.05, 0) is 25.7 Å². The summed E-state index contributed by atoms with van der Waals surface area (Å²) < 4.78 is 0. The number of primary amides is 1. The average Bonchev–Trinajstić information content (AvgIpc) is 2.26. The molecule has 6 nitrogen and oxygen atoms in total. The van der Waals surface area contributed by atoms with Crippen LogP contribution in [0.1, 0.15) is 39.5 Å². The lowest BCUT2D eigenvalue weighted by atomic mass is 9.81. The molecule has 3 unspecified atom stereocenters. The molecular formula is C13H22N2O4. The van der Waals surface area contributed by atoms with Gasteiger partial charge in [-0.15, -0.1) is 0 Å². The van der Waals surface area contributed by atoms with E-state index in [2.05, 4.69) is 0 Å². The van der Waals surface area contributed by atoms with Crippen molar-refractivity contribution < 1.29 is 19.5 Å². The first-order chi connectivity index (χ1) is 8.84. The van der Waals surface area contributed by atoms with E-state index < -0.39 is 11.9 Å². The van der Waals surface area contributed by atoms with Crippen LogP contribution in [0.3, 0.4) is 0 Å². The first-order valence-electron chi connectivity index (χ1n) is 6.65. The number of piperidine rings is 1. The van der Waals surface area contributed by atoms with Crippen LogP contribution in [-0.2, 0) is 14.4 Å². The largest absolute Gasteiger partial charge is 0.481 e. The molecule has 1 rings (SSSR count). The average molecular weight is 270 g/mol. The van der Waals surface area contributed by atoms with E-state index in [0.29, 0.717) is 25.8 Å². The third-order valence-electron chi connectivity index (χ3n) is 3.80. The lowest BCUT2D eigenvalue weighted by Gasteiger charge is -2.40. The number of nitrogens with two attached hydrogens (primary N) is 1. The predicted octanol–water partition coefficient (Wildman–Crippen LogP) is 0.600. The van der Waals surface area contributed by atoms with Gasteiger partial charge in [-0.25, -0.2) is 0 Å². The molecule has 108 valence electrons. The van der Waals surface area contributed by atoms with Crippen LogP contribution in [0, 0.1) is 11.8 Å². The van der Waals surface area contributed by atoms with Crippen molar-refractivity contribution in [1.29, 1.82) is 0 Å². The normalized spacial score (nSPS) is 27.4. The highest BCUT2D eigenvalue weighted by atomic mass is 16.4. The molecule has 1 fully saturated rings. The summed E-state index contributed by atoms with van der Waals surface area (Å²) in [6, 6.07) is -0.303. The van der Waals surface area contributed by atoms with Crippen molar-refractivity contribution in [3.8, 4) is 0 Å². The molecule has 6 heteroatoms. The third-order valence-corrected chi connectivity index (χ3v) is 3.80. The summed E-state index contributed by atoms with van der Waals surface area (Å²) in [5.41, 5.74) is 5.05. The number of likely N-dealkylation sites (tertiary alicyclic amines) is 1. The van der Waals surface area contributed by atoms with Gasteiger partial charge in [0.25, 0.3) is 0 Å². The van der Waals surface area contributed by atoms with Crippen molar-refractivity contribution in [2.45, 2.75) is 45.6 Å². The maximum atomic E-state index is 12.0. The van der Waals surface area contributed by atoms with Gasteiger partial charge in [-0.3, -0.25) is 14.4 Å². The van der Waals surface area contributed by atoms with Gasteiger partial charge in [0.05, 0.1) is 5.92 Å². The molecule has 1 saturated heterocycles. The van der Waals surface area contributed by atoms with Crippen LogP contribution in [0.4, 0.5) is 0 Å². The second-order valence-corrected chi connectivity index (χ2v) is 5.30. The fourth-order valence-corrected chi connectivity index (χ4v) is 2.78. The van der Waals surface area contributed by atoms with Gasteiger partial charge < -0.3 is 15.7 Å². The van der Waals surface area contributed by atoms with Gasteiger partial charge in [-0.2, -0.15) is 0 Å². The zero-order valence-electron chi connectivity index (χ0n) is 11.5. The number of hydrogen-bond acceptors (Lipinski definition) is 3. The molecule has 0 aromatic heterocycles. The Labute approximate surface area is 112 Å². The molecule has 0 radical (unpaired) electrons. The van der Waals surface area contributed by atoms with Crippen LogP contribution < -0.4 is 5.73 Å². The lowest BCUT2D eigenvalue weighted by Crippen LogP contribution is -2.52. The fourth-order valence-electron chi connectivity index (χ4n) is 2.78. The summed E-state index contributed by atoms with van der Waals surface area (Å²) in [5.74, 6) is -1.86. The quantitative estimate of drug-likeness (QED) is 0.690. The summed E-state index contributed by atoms with van der Waals surface area (Å²) in [5, 5.41) is 9.23. The minimum absolute atomic E-state index is 0.00317. The highest BCUT2D eigenvalue weighted by molar-refractivity contribution is 5.81. The van der Waals surface area contributed by atoms with Crippen molar-refractivity contribution in [2.24, 2.45) is 17.6 Å². The standard InChI is InChI=1S/C13H22N2O4/c1-8-7-11(17)15(6-4-3-5-10(14)16)9(2)12(8)13(18)19/h8-9,12H,3-7H2,1-2H3,(H2,14,16)(H,18,19). The molecule has 0 aromatic rings. The number of carbonyl (C=O) groups is 3. The number of carbonyl (C=O) groups excluding carboxylic acids is 2. The van der Waals surface area contributed by atoms with Crippen molar-refractivity contribution in [1.82, 2.24) is 4.90 Å². The summed E-state index contributed by atoms with van der Waals surface area (Å²) in [4.78, 5) is 35.5. The van der Waals surface area contributed by atoms with Gasteiger partial charge in [0.15, 0.2) is 0 Å². The number of carboxylic acids is 1. The predicted molar refractivity (Wildman–Crippen MR) is 69.1 cm³/mol. The number of hydrogen-bond donors (Lipinski definition) is 2. The number of unbranched alkanes of at least 4 members (excludes halogenated alkanes) is 1. The maximum absolute atomic E-state index is 12.0. The minimum Gasteiger partial charge on any atom is -0.481 e. The molecule has 0 aliphatic carbocycles. The molecule has 2 amide bonds. The number of rotatable bonds is 6. The number of amides is 2. The molecule has 0 bridgehead atoms. The number of carboxylic acid groups (broad SMARTS) is 1. The van der Waals surface area contributed by atoms with E-state index >= 15 is 0 Å². The molecule has 19 heavy (non-hydrogen) atoms.